The summed E-state index contributed by atoms with van der Waals surface area (Å²) in [5.41, 5.74) is 1.08. The van der Waals surface area contributed by atoms with Gasteiger partial charge in [-0.25, -0.2) is 4.98 Å². The molecule has 0 N–H and O–H groups in total. The minimum absolute atomic E-state index is 0. The molecule has 1 rings (SSSR count). The molecule has 0 aliphatic rings. The zero-order valence-electron chi connectivity index (χ0n) is 8.23. The van der Waals surface area contributed by atoms with Gasteiger partial charge in [0.25, 0.3) is 0 Å². The molecule has 0 saturated heterocycles. The molecule has 0 saturated carbocycles. The maximum absolute atomic E-state index is 10.3. The molecule has 0 bridgehead atoms. The zero-order chi connectivity index (χ0) is 9.68. The summed E-state index contributed by atoms with van der Waals surface area (Å²) in [7, 11) is 0. The summed E-state index contributed by atoms with van der Waals surface area (Å²) in [6, 6.07) is 0. The Balaban J connectivity index is 0. The largest absolute Gasteiger partial charge is 0.333 e. The molecule has 0 spiro atoms. The van der Waals surface area contributed by atoms with Crippen molar-refractivity contribution in [3.63, 3.8) is 0 Å². The Morgan fingerprint density at radius 3 is 2.80 bits per heavy atom. The molecular weight excluding hydrogens is 378 g/mol. The molecule has 0 aliphatic heterocycles. The van der Waals surface area contributed by atoms with Gasteiger partial charge in [-0.1, -0.05) is 13.8 Å². The van der Waals surface area contributed by atoms with Gasteiger partial charge >= 0.3 is 0 Å². The second-order valence-corrected chi connectivity index (χ2v) is 4.11. The molecule has 0 amide bonds. The van der Waals surface area contributed by atoms with E-state index in [2.05, 4.69) is 17.3 Å². The Morgan fingerprint density at radius 2 is 2.33 bits per heavy atom. The van der Waals surface area contributed by atoms with Crippen molar-refractivity contribution >= 4 is 17.6 Å². The first-order chi connectivity index (χ1) is 6.22. The summed E-state index contributed by atoms with van der Waals surface area (Å²) in [5.74, 6) is -0.0546. The summed E-state index contributed by atoms with van der Waals surface area (Å²) in [5, 5.41) is 3.21. The van der Waals surface area contributed by atoms with Crippen molar-refractivity contribution in [3.05, 3.63) is 23.0 Å². The average molecular weight is 396 g/mol. The quantitative estimate of drug-likeness (QED) is 0.566. The molecule has 1 heterocycles. The number of hydrogen-bond donors (Lipinski definition) is 0. The smallest absolute Gasteiger partial charge is 0.0928 e. The number of aromatic nitrogens is 1. The minimum atomic E-state index is -0.0546. The van der Waals surface area contributed by atoms with Crippen LogP contribution >= 0.6 is 11.3 Å². The Hall–Kier alpha value is -0.0117. The Kier molecular flexibility index (Phi) is 10.7. The number of nitrogens with zero attached hydrogens (tertiary/aromatic N) is 1. The first-order valence-corrected chi connectivity index (χ1v) is 5.29. The molecule has 0 radical (unpaired) electrons. The van der Waals surface area contributed by atoms with Crippen molar-refractivity contribution in [2.45, 2.75) is 33.6 Å². The first-order valence-electron chi connectivity index (χ1n) is 4.41. The predicted octanol–water partition coefficient (Wildman–Crippen LogP) is 3.06. The SMILES string of the molecule is C.[CH2-]C(C=O)CCCc1nc(C)cs1.[W]. The van der Waals surface area contributed by atoms with Gasteiger partial charge in [0.05, 0.1) is 11.3 Å². The average Bonchev–Trinajstić information content (AvgIpc) is 2.51. The molecule has 1 atom stereocenters. The van der Waals surface area contributed by atoms with E-state index in [0.717, 1.165) is 36.3 Å². The summed E-state index contributed by atoms with van der Waals surface area (Å²) in [6.07, 6.45) is 3.74. The summed E-state index contributed by atoms with van der Waals surface area (Å²) in [6.45, 7) is 5.70. The van der Waals surface area contributed by atoms with Crippen molar-refractivity contribution in [1.82, 2.24) is 4.98 Å². The third-order valence-electron chi connectivity index (χ3n) is 1.82. The Morgan fingerprint density at radius 1 is 1.67 bits per heavy atom. The van der Waals surface area contributed by atoms with Crippen molar-refractivity contribution in [3.8, 4) is 0 Å². The van der Waals surface area contributed by atoms with Crippen LogP contribution in [0.2, 0.25) is 0 Å². The monoisotopic (exact) mass is 396 g/mol. The Bertz CT molecular complexity index is 275. The van der Waals surface area contributed by atoms with Gasteiger partial charge in [0.2, 0.25) is 0 Å². The maximum Gasteiger partial charge on any atom is 0.0928 e. The van der Waals surface area contributed by atoms with Crippen LogP contribution in [0.3, 0.4) is 0 Å². The molecule has 1 unspecified atom stereocenters. The number of hydrogen-bond acceptors (Lipinski definition) is 3. The Labute approximate surface area is 111 Å². The van der Waals surface area contributed by atoms with Crippen LogP contribution in [-0.2, 0) is 32.3 Å². The van der Waals surface area contributed by atoms with E-state index in [-0.39, 0.29) is 34.4 Å². The van der Waals surface area contributed by atoms with Gasteiger partial charge in [0.15, 0.2) is 0 Å². The standard InChI is InChI=1S/C10H14NOS.CH4.W/c1-8(6-12)4-3-5-10-11-9(2)7-13-10;;/h6-8H,1,3-5H2,2H3;1H4;/q-1;;. The molecule has 15 heavy (non-hydrogen) atoms. The van der Waals surface area contributed by atoms with Gasteiger partial charge < -0.3 is 11.7 Å². The summed E-state index contributed by atoms with van der Waals surface area (Å²) >= 11 is 1.69. The van der Waals surface area contributed by atoms with E-state index in [9.17, 15) is 4.79 Å². The van der Waals surface area contributed by atoms with Crippen LogP contribution in [0.1, 0.15) is 31.0 Å². The van der Waals surface area contributed by atoms with Gasteiger partial charge in [-0.15, -0.1) is 17.3 Å². The fourth-order valence-electron chi connectivity index (χ4n) is 1.10. The van der Waals surface area contributed by atoms with E-state index in [1.807, 2.05) is 6.92 Å². The number of carbonyl (C=O) groups excluding carboxylic acids is 1. The molecule has 1 aromatic rings. The second-order valence-electron chi connectivity index (χ2n) is 3.17. The van der Waals surface area contributed by atoms with Gasteiger partial charge in [-0.05, 0) is 19.8 Å². The first kappa shape index (κ1) is 17.4. The van der Waals surface area contributed by atoms with Crippen LogP contribution in [0.25, 0.3) is 0 Å². The number of aldehydes is 1. The van der Waals surface area contributed by atoms with E-state index >= 15 is 0 Å². The van der Waals surface area contributed by atoms with Crippen LogP contribution in [0, 0.1) is 19.8 Å². The van der Waals surface area contributed by atoms with Crippen LogP contribution in [0.15, 0.2) is 5.38 Å². The van der Waals surface area contributed by atoms with E-state index in [4.69, 9.17) is 0 Å². The number of thiazole rings is 1. The topological polar surface area (TPSA) is 30.0 Å². The number of aryl methyl sites for hydroxylation is 2. The summed E-state index contributed by atoms with van der Waals surface area (Å²) < 4.78 is 0. The molecular formula is C11H18NOSW-. The zero-order valence-corrected chi connectivity index (χ0v) is 12.0. The van der Waals surface area contributed by atoms with E-state index in [1.165, 1.54) is 0 Å². The minimum Gasteiger partial charge on any atom is -0.333 e. The number of carbonyl (C=O) groups is 1. The van der Waals surface area contributed by atoms with Crippen LogP contribution in [0.5, 0.6) is 0 Å². The third kappa shape index (κ3) is 6.97. The van der Waals surface area contributed by atoms with Crippen LogP contribution in [0.4, 0.5) is 0 Å². The fourth-order valence-corrected chi connectivity index (χ4v) is 1.92. The molecule has 0 aromatic carbocycles. The third-order valence-corrected chi connectivity index (χ3v) is 2.85. The van der Waals surface area contributed by atoms with E-state index in [1.54, 1.807) is 11.3 Å². The molecule has 4 heteroatoms. The molecule has 86 valence electrons. The van der Waals surface area contributed by atoms with Gasteiger partial charge in [-0.2, -0.15) is 0 Å². The fraction of sp³-hybridized carbons (Fsp3) is 0.545. The van der Waals surface area contributed by atoms with Crippen molar-refractivity contribution in [2.75, 3.05) is 0 Å². The van der Waals surface area contributed by atoms with Crippen LogP contribution in [-0.4, -0.2) is 11.3 Å². The second kappa shape index (κ2) is 9.23. The van der Waals surface area contributed by atoms with Crippen molar-refractivity contribution in [1.29, 1.82) is 0 Å². The number of rotatable bonds is 5. The summed E-state index contributed by atoms with van der Waals surface area (Å²) in [4.78, 5) is 14.6. The molecule has 0 fully saturated rings. The van der Waals surface area contributed by atoms with E-state index < -0.39 is 0 Å². The van der Waals surface area contributed by atoms with Gasteiger partial charge in [-0.3, -0.25) is 0 Å². The van der Waals surface area contributed by atoms with Crippen molar-refractivity contribution < 1.29 is 25.9 Å². The van der Waals surface area contributed by atoms with Crippen LogP contribution < -0.4 is 0 Å². The molecule has 0 aliphatic carbocycles. The van der Waals surface area contributed by atoms with Crippen molar-refractivity contribution in [2.24, 2.45) is 5.92 Å². The maximum atomic E-state index is 10.3. The predicted molar refractivity (Wildman–Crippen MR) is 61.4 cm³/mol. The van der Waals surface area contributed by atoms with E-state index in [0.29, 0.717) is 0 Å². The normalized spacial score (nSPS) is 11.1. The van der Waals surface area contributed by atoms with Gasteiger partial charge in [0, 0.05) is 32.1 Å². The van der Waals surface area contributed by atoms with Gasteiger partial charge in [0.1, 0.15) is 0 Å². The molecule has 2 nitrogen and oxygen atoms in total. The molecule has 1 aromatic heterocycles.